The average molecular weight is 379 g/mol. The quantitative estimate of drug-likeness (QED) is 0.451. The zero-order chi connectivity index (χ0) is 18.8. The van der Waals surface area contributed by atoms with Gasteiger partial charge in [0.05, 0.1) is 6.42 Å². The first-order chi connectivity index (χ1) is 13.1. The normalized spacial score (nSPS) is 10.9. The van der Waals surface area contributed by atoms with Gasteiger partial charge in [0, 0.05) is 16.0 Å². The summed E-state index contributed by atoms with van der Waals surface area (Å²) in [4.78, 5) is 10.8. The van der Waals surface area contributed by atoms with Crippen molar-refractivity contribution in [2.75, 3.05) is 0 Å². The lowest BCUT2D eigenvalue weighted by Gasteiger charge is -2.05. The molecule has 5 heteroatoms. The largest absolute Gasteiger partial charge is 0.481 e. The van der Waals surface area contributed by atoms with Crippen molar-refractivity contribution in [1.29, 1.82) is 0 Å². The average Bonchev–Trinajstić information content (AvgIpc) is 3.07. The van der Waals surface area contributed by atoms with E-state index in [2.05, 4.69) is 0 Å². The second kappa shape index (κ2) is 7.17. The van der Waals surface area contributed by atoms with Crippen LogP contribution >= 0.6 is 11.6 Å². The van der Waals surface area contributed by atoms with E-state index in [0.29, 0.717) is 16.5 Å². The molecular weight excluding hydrogens is 364 g/mol. The van der Waals surface area contributed by atoms with Gasteiger partial charge in [0.25, 0.3) is 0 Å². The molecule has 134 valence electrons. The number of ether oxygens (including phenoxy) is 1. The minimum atomic E-state index is -0.847. The number of halogens is 1. The van der Waals surface area contributed by atoms with Gasteiger partial charge in [-0.1, -0.05) is 35.9 Å². The van der Waals surface area contributed by atoms with Crippen molar-refractivity contribution in [3.8, 4) is 22.8 Å². The predicted molar refractivity (Wildman–Crippen MR) is 105 cm³/mol. The second-order valence-electron chi connectivity index (χ2n) is 6.13. The minimum absolute atomic E-state index is 0.00576. The van der Waals surface area contributed by atoms with E-state index < -0.39 is 5.97 Å². The molecule has 0 saturated heterocycles. The molecule has 1 heterocycles. The van der Waals surface area contributed by atoms with Crippen molar-refractivity contribution in [3.05, 3.63) is 83.4 Å². The van der Waals surface area contributed by atoms with Crippen molar-refractivity contribution in [1.82, 2.24) is 0 Å². The smallest absolute Gasteiger partial charge is 0.307 e. The van der Waals surface area contributed by atoms with E-state index in [0.717, 1.165) is 27.9 Å². The van der Waals surface area contributed by atoms with E-state index in [9.17, 15) is 4.79 Å². The van der Waals surface area contributed by atoms with E-state index in [1.165, 1.54) is 0 Å². The molecule has 0 aliphatic rings. The Bertz CT molecular complexity index is 1100. The highest BCUT2D eigenvalue weighted by molar-refractivity contribution is 6.30. The van der Waals surface area contributed by atoms with Crippen molar-refractivity contribution >= 4 is 28.5 Å². The zero-order valence-corrected chi connectivity index (χ0v) is 14.9. The van der Waals surface area contributed by atoms with Crippen LogP contribution in [-0.4, -0.2) is 11.1 Å². The monoisotopic (exact) mass is 378 g/mol. The Morgan fingerprint density at radius 1 is 0.926 bits per heavy atom. The van der Waals surface area contributed by atoms with Crippen LogP contribution in [0.1, 0.15) is 5.56 Å². The number of rotatable bonds is 5. The Kier molecular flexibility index (Phi) is 4.57. The molecule has 0 unspecified atom stereocenters. The fourth-order valence-corrected chi connectivity index (χ4v) is 2.95. The van der Waals surface area contributed by atoms with Crippen LogP contribution in [0, 0.1) is 0 Å². The molecule has 0 aliphatic carbocycles. The van der Waals surface area contributed by atoms with Crippen LogP contribution in [0.5, 0.6) is 11.5 Å². The zero-order valence-electron chi connectivity index (χ0n) is 14.2. The summed E-state index contributed by atoms with van der Waals surface area (Å²) < 4.78 is 11.8. The Morgan fingerprint density at radius 3 is 2.33 bits per heavy atom. The Balaban J connectivity index is 1.58. The lowest BCUT2D eigenvalue weighted by molar-refractivity contribution is -0.136. The van der Waals surface area contributed by atoms with E-state index in [1.807, 2.05) is 48.5 Å². The first kappa shape index (κ1) is 17.2. The molecule has 0 saturated carbocycles. The first-order valence-corrected chi connectivity index (χ1v) is 8.73. The lowest BCUT2D eigenvalue weighted by Crippen LogP contribution is -1.99. The third-order valence-electron chi connectivity index (χ3n) is 4.13. The maximum Gasteiger partial charge on any atom is 0.307 e. The van der Waals surface area contributed by atoms with Crippen LogP contribution in [-0.2, 0) is 11.2 Å². The van der Waals surface area contributed by atoms with E-state index in [-0.39, 0.29) is 6.42 Å². The number of carbonyl (C=O) groups is 1. The second-order valence-corrected chi connectivity index (χ2v) is 6.57. The third kappa shape index (κ3) is 3.96. The highest BCUT2D eigenvalue weighted by Crippen LogP contribution is 2.32. The summed E-state index contributed by atoms with van der Waals surface area (Å²) in [5, 5.41) is 10.4. The van der Waals surface area contributed by atoms with Crippen LogP contribution in [0.15, 0.2) is 77.2 Å². The van der Waals surface area contributed by atoms with Crippen molar-refractivity contribution in [2.24, 2.45) is 0 Å². The van der Waals surface area contributed by atoms with Gasteiger partial charge in [-0.15, -0.1) is 0 Å². The standard InChI is InChI=1S/C22H15ClO4/c23-17-5-7-18(8-6-17)26-19-9-10-20-16(12-19)13-21(27-20)15-3-1-14(2-4-15)11-22(24)25/h1-10,12-13H,11H2,(H,24,25). The maximum atomic E-state index is 10.8. The van der Waals surface area contributed by atoms with Gasteiger partial charge < -0.3 is 14.3 Å². The Hall–Kier alpha value is -3.24. The number of benzene rings is 3. The molecule has 0 atom stereocenters. The molecule has 4 aromatic rings. The molecular formula is C22H15ClO4. The highest BCUT2D eigenvalue weighted by Gasteiger charge is 2.09. The van der Waals surface area contributed by atoms with Crippen LogP contribution in [0.2, 0.25) is 5.02 Å². The van der Waals surface area contributed by atoms with E-state index in [1.54, 1.807) is 24.3 Å². The van der Waals surface area contributed by atoms with Gasteiger partial charge in [-0.2, -0.15) is 0 Å². The highest BCUT2D eigenvalue weighted by atomic mass is 35.5. The number of carboxylic acid groups (broad SMARTS) is 1. The first-order valence-electron chi connectivity index (χ1n) is 8.35. The summed E-state index contributed by atoms with van der Waals surface area (Å²) in [6, 6.07) is 22.1. The molecule has 1 aromatic heterocycles. The van der Waals surface area contributed by atoms with Crippen LogP contribution < -0.4 is 4.74 Å². The molecule has 0 fully saturated rings. The fourth-order valence-electron chi connectivity index (χ4n) is 2.83. The molecule has 0 aliphatic heterocycles. The van der Waals surface area contributed by atoms with Crippen LogP contribution in [0.3, 0.4) is 0 Å². The topological polar surface area (TPSA) is 59.7 Å². The van der Waals surface area contributed by atoms with Crippen LogP contribution in [0.4, 0.5) is 0 Å². The number of hydrogen-bond acceptors (Lipinski definition) is 3. The lowest BCUT2D eigenvalue weighted by atomic mass is 10.1. The van der Waals surface area contributed by atoms with Crippen molar-refractivity contribution in [3.63, 3.8) is 0 Å². The molecule has 4 rings (SSSR count). The molecule has 0 bridgehead atoms. The van der Waals surface area contributed by atoms with Crippen molar-refractivity contribution in [2.45, 2.75) is 6.42 Å². The summed E-state index contributed by atoms with van der Waals surface area (Å²) in [5.74, 6) is 1.28. The summed E-state index contributed by atoms with van der Waals surface area (Å²) in [6.07, 6.45) is 0.00576. The minimum Gasteiger partial charge on any atom is -0.481 e. The number of aliphatic carboxylic acids is 1. The molecule has 27 heavy (non-hydrogen) atoms. The maximum absolute atomic E-state index is 10.8. The molecule has 3 aromatic carbocycles. The summed E-state index contributed by atoms with van der Waals surface area (Å²) >= 11 is 5.89. The van der Waals surface area contributed by atoms with Gasteiger partial charge >= 0.3 is 5.97 Å². The number of carboxylic acids is 1. The Morgan fingerprint density at radius 2 is 1.63 bits per heavy atom. The molecule has 0 radical (unpaired) electrons. The summed E-state index contributed by atoms with van der Waals surface area (Å²) in [6.45, 7) is 0. The fraction of sp³-hybridized carbons (Fsp3) is 0.0455. The number of furan rings is 1. The molecule has 0 spiro atoms. The van der Waals surface area contributed by atoms with Gasteiger partial charge in [-0.3, -0.25) is 4.79 Å². The predicted octanol–water partition coefficient (Wildman–Crippen LogP) is 6.17. The number of hydrogen-bond donors (Lipinski definition) is 1. The Labute approximate surface area is 160 Å². The summed E-state index contributed by atoms with van der Waals surface area (Å²) in [7, 11) is 0. The van der Waals surface area contributed by atoms with E-state index >= 15 is 0 Å². The molecule has 0 amide bonds. The van der Waals surface area contributed by atoms with Gasteiger partial charge in [0.15, 0.2) is 0 Å². The third-order valence-corrected chi connectivity index (χ3v) is 4.38. The summed E-state index contributed by atoms with van der Waals surface area (Å²) in [5.41, 5.74) is 2.39. The van der Waals surface area contributed by atoms with Crippen molar-refractivity contribution < 1.29 is 19.1 Å². The SMILES string of the molecule is O=C(O)Cc1ccc(-c2cc3cc(Oc4ccc(Cl)cc4)ccc3o2)cc1. The van der Waals surface area contributed by atoms with E-state index in [4.69, 9.17) is 25.9 Å². The van der Waals surface area contributed by atoms with Crippen LogP contribution in [0.25, 0.3) is 22.3 Å². The number of fused-ring (bicyclic) bond motifs is 1. The van der Waals surface area contributed by atoms with Gasteiger partial charge in [0.2, 0.25) is 0 Å². The molecule has 4 nitrogen and oxygen atoms in total. The van der Waals surface area contributed by atoms with Gasteiger partial charge in [-0.25, -0.2) is 0 Å². The van der Waals surface area contributed by atoms with Gasteiger partial charge in [0.1, 0.15) is 22.8 Å². The van der Waals surface area contributed by atoms with Gasteiger partial charge in [-0.05, 0) is 54.1 Å². The molecule has 1 N–H and O–H groups in total.